The largest absolute Gasteiger partial charge is 0.588 e. The van der Waals surface area contributed by atoms with Crippen molar-refractivity contribution in [3.05, 3.63) is 53.1 Å². The van der Waals surface area contributed by atoms with E-state index in [-0.39, 0.29) is 5.41 Å². The predicted molar refractivity (Wildman–Crippen MR) is 109 cm³/mol. The predicted octanol–water partition coefficient (Wildman–Crippen LogP) is 3.60. The van der Waals surface area contributed by atoms with Crippen molar-refractivity contribution in [2.24, 2.45) is 0 Å². The van der Waals surface area contributed by atoms with Crippen molar-refractivity contribution in [1.29, 1.82) is 0 Å². The molecule has 0 saturated heterocycles. The van der Waals surface area contributed by atoms with E-state index in [1.807, 2.05) is 24.3 Å². The molecule has 2 N–H and O–H groups in total. The third-order valence-corrected chi connectivity index (χ3v) is 5.69. The summed E-state index contributed by atoms with van der Waals surface area (Å²) < 4.78 is 17.4. The first kappa shape index (κ1) is 18.7. The lowest BCUT2D eigenvalue weighted by atomic mass is 9.87. The molecule has 10 heteroatoms. The Kier molecular flexibility index (Phi) is 4.74. The average molecular weight is 416 g/mol. The van der Waals surface area contributed by atoms with Crippen LogP contribution in [-0.4, -0.2) is 34.8 Å². The summed E-state index contributed by atoms with van der Waals surface area (Å²) in [6.07, 6.45) is 0. The maximum Gasteiger partial charge on any atom is 0.224 e. The fourth-order valence-electron chi connectivity index (χ4n) is 2.73. The molecule has 1 unspecified atom stereocenters. The van der Waals surface area contributed by atoms with Crippen LogP contribution < -0.4 is 4.72 Å². The van der Waals surface area contributed by atoms with Crippen LogP contribution in [0.5, 0.6) is 0 Å². The van der Waals surface area contributed by atoms with Gasteiger partial charge in [0.05, 0.1) is 10.5 Å². The van der Waals surface area contributed by atoms with Crippen LogP contribution in [0, 0.1) is 0 Å². The molecule has 4 aromatic rings. The van der Waals surface area contributed by atoms with Crippen molar-refractivity contribution in [1.82, 2.24) is 30.2 Å². The lowest BCUT2D eigenvalue weighted by Crippen LogP contribution is -2.16. The van der Waals surface area contributed by atoms with E-state index in [0.29, 0.717) is 32.8 Å². The van der Waals surface area contributed by atoms with Crippen molar-refractivity contribution < 1.29 is 4.55 Å². The van der Waals surface area contributed by atoms with E-state index in [9.17, 15) is 4.55 Å². The van der Waals surface area contributed by atoms with Gasteiger partial charge >= 0.3 is 0 Å². The highest BCUT2D eigenvalue weighted by atomic mass is 35.5. The van der Waals surface area contributed by atoms with Crippen LogP contribution >= 0.6 is 11.6 Å². The number of anilines is 1. The molecule has 0 radical (unpaired) electrons. The number of halogens is 1. The van der Waals surface area contributed by atoms with Crippen LogP contribution in [0.3, 0.4) is 0 Å². The number of benzene rings is 1. The second-order valence-corrected chi connectivity index (χ2v) is 8.89. The van der Waals surface area contributed by atoms with Gasteiger partial charge in [-0.2, -0.15) is 15.0 Å². The number of nitrogens with one attached hydrogen (secondary N) is 2. The second kappa shape index (κ2) is 7.08. The summed E-state index contributed by atoms with van der Waals surface area (Å²) in [5, 5.41) is 18.8. The summed E-state index contributed by atoms with van der Waals surface area (Å²) >= 11 is 4.83. The normalized spacial score (nSPS) is 13.0. The van der Waals surface area contributed by atoms with E-state index >= 15 is 0 Å². The van der Waals surface area contributed by atoms with Crippen molar-refractivity contribution in [3.8, 4) is 11.5 Å². The molecule has 3 aromatic heterocycles. The quantitative estimate of drug-likeness (QED) is 0.493. The fourth-order valence-corrected chi connectivity index (χ4v) is 3.78. The smallest absolute Gasteiger partial charge is 0.224 e. The topological polar surface area (TPSA) is 107 Å². The Balaban J connectivity index is 1.65. The third kappa shape index (κ3) is 3.56. The molecule has 0 aliphatic rings. The Bertz CT molecular complexity index is 1100. The zero-order valence-corrected chi connectivity index (χ0v) is 17.0. The molecule has 0 amide bonds. The fraction of sp³-hybridized carbons (Fsp3) is 0.222. The minimum atomic E-state index is -1.46. The molecule has 8 nitrogen and oxygen atoms in total. The first-order valence-electron chi connectivity index (χ1n) is 8.54. The number of pyridine rings is 1. The number of hydrogen-bond donors (Lipinski definition) is 2. The third-order valence-electron chi connectivity index (χ3n) is 4.28. The highest BCUT2D eigenvalue weighted by molar-refractivity contribution is 7.92. The zero-order chi connectivity index (χ0) is 19.9. The minimum Gasteiger partial charge on any atom is -0.588 e. The number of fused-ring (bicyclic) bond motifs is 1. The van der Waals surface area contributed by atoms with E-state index < -0.39 is 11.4 Å². The first-order chi connectivity index (χ1) is 13.3. The average Bonchev–Trinajstić information content (AvgIpc) is 3.33. The lowest BCUT2D eigenvalue weighted by molar-refractivity contribution is 0.587. The van der Waals surface area contributed by atoms with Crippen molar-refractivity contribution in [2.45, 2.75) is 31.1 Å². The van der Waals surface area contributed by atoms with E-state index in [1.54, 1.807) is 22.7 Å². The molecule has 1 aromatic carbocycles. The number of nitrogens with zero attached hydrogens (tertiary/aromatic N) is 5. The molecule has 0 spiro atoms. The van der Waals surface area contributed by atoms with Crippen LogP contribution in [-0.2, 0) is 16.8 Å². The van der Waals surface area contributed by atoms with E-state index in [0.717, 1.165) is 0 Å². The van der Waals surface area contributed by atoms with Crippen LogP contribution in [0.15, 0.2) is 47.4 Å². The first-order valence-corrected chi connectivity index (χ1v) is 10.1. The molecular weight excluding hydrogens is 398 g/mol. The molecular formula is C18H18ClN7OS. The Labute approximate surface area is 169 Å². The van der Waals surface area contributed by atoms with Crippen molar-refractivity contribution >= 4 is 34.3 Å². The van der Waals surface area contributed by atoms with Crippen LogP contribution in [0.1, 0.15) is 26.3 Å². The lowest BCUT2D eigenvalue weighted by Gasteiger charge is -2.19. The Morgan fingerprint density at radius 1 is 1.14 bits per heavy atom. The van der Waals surface area contributed by atoms with Gasteiger partial charge in [0.25, 0.3) is 0 Å². The van der Waals surface area contributed by atoms with Gasteiger partial charge in [0, 0.05) is 0 Å². The molecule has 1 atom stereocenters. The van der Waals surface area contributed by atoms with Gasteiger partial charge in [-0.15, -0.1) is 10.2 Å². The molecule has 28 heavy (non-hydrogen) atoms. The molecule has 0 aliphatic carbocycles. The van der Waals surface area contributed by atoms with Crippen molar-refractivity contribution in [2.75, 3.05) is 4.72 Å². The van der Waals surface area contributed by atoms with Gasteiger partial charge < -0.3 is 4.55 Å². The summed E-state index contributed by atoms with van der Waals surface area (Å²) in [5.41, 5.74) is 2.37. The van der Waals surface area contributed by atoms with Gasteiger partial charge in [0.15, 0.2) is 10.7 Å². The maximum atomic E-state index is 12.8. The number of aromatic nitrogens is 6. The zero-order valence-electron chi connectivity index (χ0n) is 15.5. The number of H-pyrrole nitrogens is 1. The van der Waals surface area contributed by atoms with E-state index in [2.05, 4.69) is 51.2 Å². The van der Waals surface area contributed by atoms with Gasteiger partial charge in [-0.1, -0.05) is 44.5 Å². The molecule has 0 fully saturated rings. The number of hydrogen-bond acceptors (Lipinski definition) is 6. The number of aromatic amines is 1. The van der Waals surface area contributed by atoms with Gasteiger partial charge in [0.2, 0.25) is 5.82 Å². The summed E-state index contributed by atoms with van der Waals surface area (Å²) in [7, 11) is 0. The summed E-state index contributed by atoms with van der Waals surface area (Å²) in [4.78, 5) is 0.668. The van der Waals surface area contributed by atoms with E-state index in [1.165, 1.54) is 5.56 Å². The molecule has 4 rings (SSSR count). The molecule has 0 aliphatic heterocycles. The van der Waals surface area contributed by atoms with Crippen LogP contribution in [0.2, 0.25) is 5.02 Å². The Morgan fingerprint density at radius 3 is 2.54 bits per heavy atom. The Morgan fingerprint density at radius 2 is 1.89 bits per heavy atom. The SMILES string of the molecule is CC(C)(C)c1ccc([S+]([O-])Nc2ccc(Cl)c3cc(-c4nn[nH]n4)nn23)cc1. The molecule has 3 heterocycles. The van der Waals surface area contributed by atoms with Gasteiger partial charge in [-0.25, -0.2) is 4.52 Å². The standard InChI is InChI=1S/C18H18ClN7OS/c1-18(2,3)11-4-6-12(7-5-11)28(27)23-16-9-8-13(19)15-10-14(22-26(15)16)17-20-24-25-21-17/h4-10,23H,1-3H3,(H,20,21,24,25). The van der Waals surface area contributed by atoms with Gasteiger partial charge in [-0.3, -0.25) is 0 Å². The van der Waals surface area contributed by atoms with Crippen LogP contribution in [0.4, 0.5) is 5.82 Å². The Hall–Kier alpha value is -2.62. The second-order valence-electron chi connectivity index (χ2n) is 7.27. The van der Waals surface area contributed by atoms with E-state index in [4.69, 9.17) is 11.6 Å². The number of tetrazole rings is 1. The molecule has 144 valence electrons. The minimum absolute atomic E-state index is 0.0381. The monoisotopic (exact) mass is 415 g/mol. The summed E-state index contributed by atoms with van der Waals surface area (Å²) in [5.74, 6) is 0.886. The molecule has 0 bridgehead atoms. The van der Waals surface area contributed by atoms with Crippen LogP contribution in [0.25, 0.3) is 17.0 Å². The summed E-state index contributed by atoms with van der Waals surface area (Å²) in [6.45, 7) is 6.42. The highest BCUT2D eigenvalue weighted by Gasteiger charge is 2.19. The summed E-state index contributed by atoms with van der Waals surface area (Å²) in [6, 6.07) is 12.9. The van der Waals surface area contributed by atoms with Crippen molar-refractivity contribution in [3.63, 3.8) is 0 Å². The van der Waals surface area contributed by atoms with Gasteiger partial charge in [0.1, 0.15) is 17.1 Å². The number of rotatable bonds is 4. The maximum absolute atomic E-state index is 12.8. The molecule has 0 saturated carbocycles. The highest BCUT2D eigenvalue weighted by Crippen LogP contribution is 2.28. The van der Waals surface area contributed by atoms with Gasteiger partial charge in [-0.05, 0) is 46.5 Å².